The van der Waals surface area contributed by atoms with Gasteiger partial charge in [-0.3, -0.25) is 4.79 Å². The molecule has 0 fully saturated rings. The van der Waals surface area contributed by atoms with Crippen molar-refractivity contribution in [2.45, 2.75) is 0 Å². The number of aromatic carboxylic acids is 1. The third-order valence-electron chi connectivity index (χ3n) is 4.74. The van der Waals surface area contributed by atoms with E-state index in [0.717, 1.165) is 11.1 Å². The van der Waals surface area contributed by atoms with E-state index in [4.69, 9.17) is 0 Å². The van der Waals surface area contributed by atoms with Crippen LogP contribution in [0.5, 0.6) is 5.75 Å². The summed E-state index contributed by atoms with van der Waals surface area (Å²) < 4.78 is 0. The molecule has 1 amide bonds. The highest BCUT2D eigenvalue weighted by molar-refractivity contribution is 6.09. The second-order valence-corrected chi connectivity index (χ2v) is 6.74. The molecule has 3 aromatic carbocycles. The lowest BCUT2D eigenvalue weighted by molar-refractivity contribution is 0.0698. The Hall–Kier alpha value is -4.52. The first kappa shape index (κ1) is 19.8. The van der Waals surface area contributed by atoms with E-state index in [2.05, 4.69) is 15.3 Å². The van der Waals surface area contributed by atoms with Gasteiger partial charge in [-0.25, -0.2) is 14.8 Å². The van der Waals surface area contributed by atoms with Gasteiger partial charge in [0.1, 0.15) is 12.1 Å². The van der Waals surface area contributed by atoms with Crippen LogP contribution in [0.15, 0.2) is 85.5 Å². The molecule has 31 heavy (non-hydrogen) atoms. The van der Waals surface area contributed by atoms with Crippen molar-refractivity contribution in [3.8, 4) is 28.0 Å². The highest BCUT2D eigenvalue weighted by Crippen LogP contribution is 2.29. The molecule has 4 aromatic rings. The summed E-state index contributed by atoms with van der Waals surface area (Å²) >= 11 is 0. The maximum atomic E-state index is 12.8. The van der Waals surface area contributed by atoms with Crippen molar-refractivity contribution in [1.82, 2.24) is 9.97 Å². The number of carboxylic acid groups (broad SMARTS) is 1. The van der Waals surface area contributed by atoms with Crippen LogP contribution in [0.3, 0.4) is 0 Å². The number of carboxylic acids is 1. The Kier molecular flexibility index (Phi) is 5.40. The summed E-state index contributed by atoms with van der Waals surface area (Å²) in [6.45, 7) is 0. The first-order chi connectivity index (χ1) is 15.0. The second-order valence-electron chi connectivity index (χ2n) is 6.74. The highest BCUT2D eigenvalue weighted by Gasteiger charge is 2.17. The summed E-state index contributed by atoms with van der Waals surface area (Å²) in [5.41, 5.74) is 3.07. The van der Waals surface area contributed by atoms with Gasteiger partial charge in [0.2, 0.25) is 0 Å². The molecule has 0 aliphatic heterocycles. The third kappa shape index (κ3) is 4.25. The van der Waals surface area contributed by atoms with Crippen LogP contribution in [-0.2, 0) is 0 Å². The summed E-state index contributed by atoms with van der Waals surface area (Å²) in [5.74, 6) is -2.03. The molecular formula is C24H17N3O4. The average Bonchev–Trinajstić information content (AvgIpc) is 2.80. The molecule has 0 spiro atoms. The number of nitrogens with zero attached hydrogens (tertiary/aromatic N) is 2. The largest absolute Gasteiger partial charge is 0.507 e. The number of benzene rings is 3. The topological polar surface area (TPSA) is 112 Å². The van der Waals surface area contributed by atoms with Gasteiger partial charge >= 0.3 is 5.97 Å². The summed E-state index contributed by atoms with van der Waals surface area (Å²) in [7, 11) is 0. The summed E-state index contributed by atoms with van der Waals surface area (Å²) in [6.07, 6.45) is 4.58. The molecule has 0 atom stereocenters. The number of nitrogens with one attached hydrogen (secondary N) is 1. The van der Waals surface area contributed by atoms with Crippen LogP contribution in [0.4, 0.5) is 5.69 Å². The van der Waals surface area contributed by atoms with Crippen molar-refractivity contribution in [2.75, 3.05) is 5.32 Å². The molecular weight excluding hydrogens is 394 g/mol. The molecule has 0 aliphatic rings. The molecule has 7 heteroatoms. The molecule has 1 heterocycles. The Morgan fingerprint density at radius 2 is 1.39 bits per heavy atom. The summed E-state index contributed by atoms with van der Waals surface area (Å²) in [5, 5.41) is 22.5. The molecule has 0 saturated carbocycles. The van der Waals surface area contributed by atoms with Gasteiger partial charge in [-0.15, -0.1) is 0 Å². The zero-order valence-corrected chi connectivity index (χ0v) is 16.2. The van der Waals surface area contributed by atoms with Gasteiger partial charge in [0.05, 0.1) is 16.8 Å². The second kappa shape index (κ2) is 8.46. The minimum absolute atomic E-state index is 0.0158. The van der Waals surface area contributed by atoms with E-state index in [1.165, 1.54) is 24.5 Å². The van der Waals surface area contributed by atoms with Gasteiger partial charge in [-0.1, -0.05) is 42.5 Å². The Morgan fingerprint density at radius 3 is 2.03 bits per heavy atom. The Balaban J connectivity index is 1.65. The van der Waals surface area contributed by atoms with E-state index in [1.54, 1.807) is 30.6 Å². The van der Waals surface area contributed by atoms with Gasteiger partial charge in [0, 0.05) is 18.0 Å². The normalized spacial score (nSPS) is 10.5. The van der Waals surface area contributed by atoms with Crippen LogP contribution >= 0.6 is 0 Å². The smallest absolute Gasteiger partial charge is 0.337 e. The Morgan fingerprint density at radius 1 is 0.742 bits per heavy atom. The quantitative estimate of drug-likeness (QED) is 0.447. The van der Waals surface area contributed by atoms with E-state index in [0.29, 0.717) is 11.1 Å². The minimum Gasteiger partial charge on any atom is -0.507 e. The molecule has 3 N–H and O–H groups in total. The number of aromatic hydroxyl groups is 1. The number of carbonyl (C=O) groups is 2. The standard InChI is InChI=1S/C24H17N3O4/c28-22-11-17(18-12-25-14-26-13-18)7-9-20(22)23(29)27-21-10-16(6-8-19(21)24(30)31)15-4-2-1-3-5-15/h1-14,28H,(H,27,29)(H,30,31). The van der Waals surface area contributed by atoms with Gasteiger partial charge in [-0.2, -0.15) is 0 Å². The number of rotatable bonds is 5. The highest BCUT2D eigenvalue weighted by atomic mass is 16.4. The number of hydrogen-bond donors (Lipinski definition) is 3. The molecule has 4 rings (SSSR count). The van der Waals surface area contributed by atoms with Gasteiger partial charge in [0.15, 0.2) is 0 Å². The average molecular weight is 411 g/mol. The van der Waals surface area contributed by atoms with Crippen molar-refractivity contribution in [1.29, 1.82) is 0 Å². The molecule has 152 valence electrons. The van der Waals surface area contributed by atoms with E-state index < -0.39 is 11.9 Å². The predicted octanol–water partition coefficient (Wildman–Crippen LogP) is 4.47. The molecule has 0 aliphatic carbocycles. The van der Waals surface area contributed by atoms with E-state index >= 15 is 0 Å². The Labute approximate surface area is 177 Å². The molecule has 0 bridgehead atoms. The molecule has 0 unspecified atom stereocenters. The fourth-order valence-electron chi connectivity index (χ4n) is 3.19. The van der Waals surface area contributed by atoms with Crippen molar-refractivity contribution in [3.63, 3.8) is 0 Å². The SMILES string of the molecule is O=C(Nc1cc(-c2ccccc2)ccc1C(=O)O)c1ccc(-c2cncnc2)cc1O. The van der Waals surface area contributed by atoms with E-state index in [-0.39, 0.29) is 22.6 Å². The lowest BCUT2D eigenvalue weighted by Crippen LogP contribution is -2.15. The number of aromatic nitrogens is 2. The van der Waals surface area contributed by atoms with Gasteiger partial charge < -0.3 is 15.5 Å². The monoisotopic (exact) mass is 411 g/mol. The third-order valence-corrected chi connectivity index (χ3v) is 4.74. The van der Waals surface area contributed by atoms with Crippen molar-refractivity contribution in [2.24, 2.45) is 0 Å². The first-order valence-electron chi connectivity index (χ1n) is 9.35. The van der Waals surface area contributed by atoms with Gasteiger partial charge in [0.25, 0.3) is 5.91 Å². The lowest BCUT2D eigenvalue weighted by atomic mass is 10.0. The van der Waals surface area contributed by atoms with Gasteiger partial charge in [-0.05, 0) is 41.0 Å². The minimum atomic E-state index is -1.17. The number of phenolic OH excluding ortho intramolecular Hbond substituents is 1. The van der Waals surface area contributed by atoms with Crippen LogP contribution in [0.1, 0.15) is 20.7 Å². The van der Waals surface area contributed by atoms with Crippen LogP contribution in [-0.4, -0.2) is 32.1 Å². The fraction of sp³-hybridized carbons (Fsp3) is 0. The van der Waals surface area contributed by atoms with Crippen molar-refractivity contribution >= 4 is 17.6 Å². The maximum absolute atomic E-state index is 12.8. The predicted molar refractivity (Wildman–Crippen MR) is 116 cm³/mol. The van der Waals surface area contributed by atoms with Crippen LogP contribution in [0.25, 0.3) is 22.3 Å². The molecule has 0 radical (unpaired) electrons. The number of anilines is 1. The molecule has 1 aromatic heterocycles. The first-order valence-corrected chi connectivity index (χ1v) is 9.35. The maximum Gasteiger partial charge on any atom is 0.337 e. The summed E-state index contributed by atoms with van der Waals surface area (Å²) in [4.78, 5) is 32.3. The summed E-state index contributed by atoms with van der Waals surface area (Å²) in [6, 6.07) is 18.7. The van der Waals surface area contributed by atoms with Crippen LogP contribution < -0.4 is 5.32 Å². The number of hydrogen-bond acceptors (Lipinski definition) is 5. The number of carbonyl (C=O) groups excluding carboxylic acids is 1. The Bertz CT molecular complexity index is 1260. The lowest BCUT2D eigenvalue weighted by Gasteiger charge is -2.12. The van der Waals surface area contributed by atoms with Crippen molar-refractivity contribution in [3.05, 3.63) is 96.6 Å². The van der Waals surface area contributed by atoms with E-state index in [1.807, 2.05) is 30.3 Å². The number of phenols is 1. The fourth-order valence-corrected chi connectivity index (χ4v) is 3.19. The number of amides is 1. The van der Waals surface area contributed by atoms with E-state index in [9.17, 15) is 19.8 Å². The zero-order valence-electron chi connectivity index (χ0n) is 16.2. The zero-order chi connectivity index (χ0) is 21.8. The molecule has 0 saturated heterocycles. The molecule has 7 nitrogen and oxygen atoms in total. The van der Waals surface area contributed by atoms with Crippen LogP contribution in [0.2, 0.25) is 0 Å². The van der Waals surface area contributed by atoms with Crippen molar-refractivity contribution < 1.29 is 19.8 Å². The van der Waals surface area contributed by atoms with Crippen LogP contribution in [0, 0.1) is 0 Å².